The smallest absolute Gasteiger partial charge is 0.130 e. The Kier molecular flexibility index (Phi) is 4.35. The number of hydrogen-bond donors (Lipinski definition) is 0. The molecule has 0 spiro atoms. The normalized spacial score (nSPS) is 12.3. The maximum atomic E-state index is 12.2. The lowest BCUT2D eigenvalue weighted by Crippen LogP contribution is -2.16. The van der Waals surface area contributed by atoms with E-state index in [1.165, 1.54) is 14.2 Å². The quantitative estimate of drug-likeness (QED) is 0.798. The molecule has 1 aromatic rings. The van der Waals surface area contributed by atoms with Crippen molar-refractivity contribution in [3.63, 3.8) is 0 Å². The Bertz CT molecular complexity index is 490. The fraction of sp³-hybridized carbons (Fsp3) is 0.500. The summed E-state index contributed by atoms with van der Waals surface area (Å²) in [6.07, 6.45) is 0. The lowest BCUT2D eigenvalue weighted by Gasteiger charge is -2.19. The molecule has 0 unspecified atom stereocenters. The second-order valence-electron chi connectivity index (χ2n) is 4.90. The number of methoxy groups -OCH3 is 2. The summed E-state index contributed by atoms with van der Waals surface area (Å²) in [5.74, 6) is 1.01. The minimum atomic E-state index is -2.48. The molecule has 102 valence electrons. The van der Waals surface area contributed by atoms with Gasteiger partial charge in [0.15, 0.2) is 0 Å². The first-order valence-electron chi connectivity index (χ1n) is 5.48. The van der Waals surface area contributed by atoms with Gasteiger partial charge >= 0.3 is 0 Å². The molecule has 0 aliphatic carbocycles. The van der Waals surface area contributed by atoms with Gasteiger partial charge in [-0.15, -0.1) is 0 Å². The minimum absolute atomic E-state index is 0.503. The molecule has 0 aromatic heterocycles. The number of hydrogen-bond acceptors (Lipinski definition) is 4. The Balaban J connectivity index is 3.63. The minimum Gasteiger partial charge on any atom is -0.496 e. The molecular formula is C12H20O4P2. The van der Waals surface area contributed by atoms with E-state index >= 15 is 0 Å². The van der Waals surface area contributed by atoms with E-state index in [-0.39, 0.29) is 0 Å². The van der Waals surface area contributed by atoms with E-state index < -0.39 is 14.3 Å². The van der Waals surface area contributed by atoms with Gasteiger partial charge in [-0.3, -0.25) is 0 Å². The van der Waals surface area contributed by atoms with Crippen molar-refractivity contribution >= 4 is 24.9 Å². The monoisotopic (exact) mass is 290 g/mol. The zero-order valence-corrected chi connectivity index (χ0v) is 13.5. The van der Waals surface area contributed by atoms with Crippen molar-refractivity contribution in [1.29, 1.82) is 0 Å². The molecule has 0 amide bonds. The molecule has 0 aliphatic rings. The molecule has 18 heavy (non-hydrogen) atoms. The average Bonchev–Trinajstić information content (AvgIpc) is 2.24. The molecule has 0 heterocycles. The Labute approximate surface area is 108 Å². The summed E-state index contributed by atoms with van der Waals surface area (Å²) in [7, 11) is -1.93. The maximum absolute atomic E-state index is 12.2. The molecule has 0 radical (unpaired) electrons. The Hall–Kier alpha value is -0.720. The molecule has 0 saturated heterocycles. The molecule has 0 saturated carbocycles. The summed E-state index contributed by atoms with van der Waals surface area (Å²) in [4.78, 5) is 0. The van der Waals surface area contributed by atoms with Crippen molar-refractivity contribution in [3.8, 4) is 11.5 Å². The average molecular weight is 290 g/mol. The highest BCUT2D eigenvalue weighted by atomic mass is 31.2. The van der Waals surface area contributed by atoms with Crippen LogP contribution in [0.25, 0.3) is 0 Å². The van der Waals surface area contributed by atoms with Gasteiger partial charge in [-0.25, -0.2) is 0 Å². The SMILES string of the molecule is COc1cc(P(C)(C)=O)c(OC)cc1P(C)(C)=O. The fourth-order valence-corrected chi connectivity index (χ4v) is 3.94. The summed E-state index contributed by atoms with van der Waals surface area (Å²) in [5, 5.41) is 1.22. The first-order chi connectivity index (χ1) is 8.11. The lowest BCUT2D eigenvalue weighted by atomic mass is 10.3. The Morgan fingerprint density at radius 1 is 0.778 bits per heavy atom. The van der Waals surface area contributed by atoms with Crippen LogP contribution in [0.4, 0.5) is 0 Å². The molecule has 0 bridgehead atoms. The van der Waals surface area contributed by atoms with Gasteiger partial charge in [0.25, 0.3) is 0 Å². The van der Waals surface area contributed by atoms with Crippen molar-refractivity contribution in [2.75, 3.05) is 40.9 Å². The number of benzene rings is 1. The number of rotatable bonds is 4. The molecule has 0 atom stereocenters. The zero-order chi connectivity index (χ0) is 14.1. The first-order valence-corrected chi connectivity index (χ1v) is 10.7. The largest absolute Gasteiger partial charge is 0.496 e. The molecule has 6 heteroatoms. The van der Waals surface area contributed by atoms with E-state index in [0.29, 0.717) is 22.1 Å². The van der Waals surface area contributed by atoms with Gasteiger partial charge < -0.3 is 18.6 Å². The van der Waals surface area contributed by atoms with E-state index in [2.05, 4.69) is 0 Å². The van der Waals surface area contributed by atoms with Crippen LogP contribution in [-0.2, 0) is 9.13 Å². The van der Waals surface area contributed by atoms with Crippen molar-refractivity contribution < 1.29 is 18.6 Å². The van der Waals surface area contributed by atoms with Crippen LogP contribution < -0.4 is 20.1 Å². The van der Waals surface area contributed by atoms with Crippen LogP contribution in [0.5, 0.6) is 11.5 Å². The van der Waals surface area contributed by atoms with Crippen LogP contribution >= 0.6 is 14.3 Å². The predicted molar refractivity (Wildman–Crippen MR) is 77.7 cm³/mol. The highest BCUT2D eigenvalue weighted by Crippen LogP contribution is 2.44. The molecule has 0 aliphatic heterocycles. The van der Waals surface area contributed by atoms with Gasteiger partial charge in [0.05, 0.1) is 24.8 Å². The maximum Gasteiger partial charge on any atom is 0.130 e. The van der Waals surface area contributed by atoms with Crippen LogP contribution in [0.1, 0.15) is 0 Å². The summed E-state index contributed by atoms with van der Waals surface area (Å²) in [6.45, 7) is 6.67. The molecule has 0 N–H and O–H groups in total. The number of ether oxygens (including phenoxy) is 2. The topological polar surface area (TPSA) is 52.6 Å². The molecule has 1 rings (SSSR count). The summed E-state index contributed by atoms with van der Waals surface area (Å²) < 4.78 is 35.0. The third kappa shape index (κ3) is 3.18. The van der Waals surface area contributed by atoms with E-state index in [1.807, 2.05) is 0 Å². The van der Waals surface area contributed by atoms with Gasteiger partial charge in [-0.2, -0.15) is 0 Å². The predicted octanol–water partition coefficient (Wildman–Crippen LogP) is 2.20. The van der Waals surface area contributed by atoms with Gasteiger partial charge in [-0.05, 0) is 38.8 Å². The standard InChI is InChI=1S/C12H20O4P2/c1-15-9-7-12(18(5,6)14)10(16-2)8-11(9)17(3,4)13/h7-8H,1-6H3. The second kappa shape index (κ2) is 5.11. The summed E-state index contributed by atoms with van der Waals surface area (Å²) in [5.41, 5.74) is 0. The fourth-order valence-electron chi connectivity index (χ4n) is 1.71. The zero-order valence-electron chi connectivity index (χ0n) is 11.7. The van der Waals surface area contributed by atoms with Crippen LogP contribution in [0, 0.1) is 0 Å². The van der Waals surface area contributed by atoms with E-state index in [0.717, 1.165) is 0 Å². The van der Waals surface area contributed by atoms with E-state index in [9.17, 15) is 9.13 Å². The first kappa shape index (κ1) is 15.3. The van der Waals surface area contributed by atoms with Crippen LogP contribution in [0.2, 0.25) is 0 Å². The van der Waals surface area contributed by atoms with Crippen molar-refractivity contribution in [2.24, 2.45) is 0 Å². The third-order valence-electron chi connectivity index (χ3n) is 2.64. The molecular weight excluding hydrogens is 270 g/mol. The van der Waals surface area contributed by atoms with Crippen molar-refractivity contribution in [3.05, 3.63) is 12.1 Å². The second-order valence-corrected chi connectivity index (χ2v) is 11.3. The van der Waals surface area contributed by atoms with Crippen LogP contribution in [0.15, 0.2) is 12.1 Å². The summed E-state index contributed by atoms with van der Waals surface area (Å²) in [6, 6.07) is 3.35. The van der Waals surface area contributed by atoms with Gasteiger partial charge in [0.1, 0.15) is 25.8 Å². The Morgan fingerprint density at radius 3 is 1.22 bits per heavy atom. The van der Waals surface area contributed by atoms with Crippen LogP contribution in [-0.4, -0.2) is 40.9 Å². The van der Waals surface area contributed by atoms with E-state index in [4.69, 9.17) is 9.47 Å². The van der Waals surface area contributed by atoms with Crippen molar-refractivity contribution in [1.82, 2.24) is 0 Å². The molecule has 4 nitrogen and oxygen atoms in total. The summed E-state index contributed by atoms with van der Waals surface area (Å²) >= 11 is 0. The van der Waals surface area contributed by atoms with Gasteiger partial charge in [-0.1, -0.05) is 0 Å². The van der Waals surface area contributed by atoms with Gasteiger partial charge in [0.2, 0.25) is 0 Å². The highest BCUT2D eigenvalue weighted by molar-refractivity contribution is 7.71. The van der Waals surface area contributed by atoms with Gasteiger partial charge in [0, 0.05) is 0 Å². The van der Waals surface area contributed by atoms with Crippen LogP contribution in [0.3, 0.4) is 0 Å². The van der Waals surface area contributed by atoms with Crippen molar-refractivity contribution in [2.45, 2.75) is 0 Å². The highest BCUT2D eigenvalue weighted by Gasteiger charge is 2.24. The Morgan fingerprint density at radius 2 is 1.06 bits per heavy atom. The lowest BCUT2D eigenvalue weighted by molar-refractivity contribution is 0.408. The molecule has 1 aromatic carbocycles. The third-order valence-corrected chi connectivity index (χ3v) is 5.66. The van der Waals surface area contributed by atoms with E-state index in [1.54, 1.807) is 38.8 Å². The molecule has 0 fully saturated rings.